The summed E-state index contributed by atoms with van der Waals surface area (Å²) in [6.45, 7) is -0.440. The number of aliphatic hydroxyl groups is 4. The second-order valence-electron chi connectivity index (χ2n) is 2.93. The van der Waals surface area contributed by atoms with Crippen molar-refractivity contribution in [2.75, 3.05) is 13.7 Å². The van der Waals surface area contributed by atoms with Crippen LogP contribution in [0.1, 0.15) is 0 Å². The van der Waals surface area contributed by atoms with E-state index < -0.39 is 37.3 Å². The maximum absolute atomic E-state index is 9.28. The third-order valence-corrected chi connectivity index (χ3v) is 2.08. The van der Waals surface area contributed by atoms with Crippen molar-refractivity contribution in [3.63, 3.8) is 0 Å². The first-order valence-corrected chi connectivity index (χ1v) is 3.95. The lowest BCUT2D eigenvalue weighted by atomic mass is 9.99. The summed E-state index contributed by atoms with van der Waals surface area (Å²) in [6.07, 6.45) is -5.91. The summed E-state index contributed by atoms with van der Waals surface area (Å²) in [5, 5.41) is 36.6. The van der Waals surface area contributed by atoms with Gasteiger partial charge in [0.05, 0.1) is 6.61 Å². The Morgan fingerprint density at radius 1 is 1.15 bits per heavy atom. The van der Waals surface area contributed by atoms with E-state index in [0.29, 0.717) is 0 Å². The monoisotopic (exact) mass is 194 g/mol. The summed E-state index contributed by atoms with van der Waals surface area (Å²) < 4.78 is 9.65. The van der Waals surface area contributed by atoms with Gasteiger partial charge < -0.3 is 29.9 Å². The maximum Gasteiger partial charge on any atom is 0.186 e. The Hall–Kier alpha value is -0.240. The molecule has 2 unspecified atom stereocenters. The van der Waals surface area contributed by atoms with Gasteiger partial charge in [-0.1, -0.05) is 0 Å². The molecule has 1 saturated heterocycles. The van der Waals surface area contributed by atoms with E-state index in [1.54, 1.807) is 0 Å². The van der Waals surface area contributed by atoms with Crippen molar-refractivity contribution in [1.82, 2.24) is 0 Å². The quantitative estimate of drug-likeness (QED) is 0.386. The fraction of sp³-hybridized carbons (Fsp3) is 1.00. The fourth-order valence-corrected chi connectivity index (χ4v) is 1.26. The van der Waals surface area contributed by atoms with Crippen LogP contribution in [0.5, 0.6) is 0 Å². The van der Waals surface area contributed by atoms with Crippen molar-refractivity contribution >= 4 is 0 Å². The summed E-state index contributed by atoms with van der Waals surface area (Å²) in [7, 11) is 1.30. The first-order chi connectivity index (χ1) is 6.11. The van der Waals surface area contributed by atoms with Crippen molar-refractivity contribution < 1.29 is 29.9 Å². The van der Waals surface area contributed by atoms with Crippen LogP contribution in [-0.4, -0.2) is 64.8 Å². The second-order valence-corrected chi connectivity index (χ2v) is 2.93. The molecule has 1 rings (SSSR count). The molecule has 1 aliphatic rings. The van der Waals surface area contributed by atoms with Crippen LogP contribution in [0.15, 0.2) is 0 Å². The van der Waals surface area contributed by atoms with E-state index in [-0.39, 0.29) is 0 Å². The third-order valence-electron chi connectivity index (χ3n) is 2.08. The Bertz CT molecular complexity index is 143. The van der Waals surface area contributed by atoms with Crippen molar-refractivity contribution in [3.8, 4) is 0 Å². The van der Waals surface area contributed by atoms with Gasteiger partial charge in [0, 0.05) is 7.11 Å². The van der Waals surface area contributed by atoms with E-state index in [1.807, 2.05) is 0 Å². The standard InChI is InChI=1S/C7H14O6/c1-12-7-6(11)5(10)4(9)3(2-8)13-7/h3-11H,2H2,1H3/t3?,4-,5+,6?,7+/m1/s1. The average molecular weight is 194 g/mol. The summed E-state index contributed by atoms with van der Waals surface area (Å²) in [6, 6.07) is 0. The molecule has 5 atom stereocenters. The lowest BCUT2D eigenvalue weighted by molar-refractivity contribution is -0.294. The number of hydrogen-bond donors (Lipinski definition) is 4. The molecule has 0 amide bonds. The predicted molar refractivity (Wildman–Crippen MR) is 40.8 cm³/mol. The molecule has 6 nitrogen and oxygen atoms in total. The van der Waals surface area contributed by atoms with E-state index in [2.05, 4.69) is 0 Å². The summed E-state index contributed by atoms with van der Waals surface area (Å²) in [5.74, 6) is 0. The highest BCUT2D eigenvalue weighted by Gasteiger charge is 2.43. The first-order valence-electron chi connectivity index (χ1n) is 3.95. The summed E-state index contributed by atoms with van der Waals surface area (Å²) in [5.41, 5.74) is 0. The van der Waals surface area contributed by atoms with Crippen LogP contribution in [0.2, 0.25) is 0 Å². The minimum absolute atomic E-state index is 0.440. The van der Waals surface area contributed by atoms with E-state index in [0.717, 1.165) is 0 Å². The highest BCUT2D eigenvalue weighted by molar-refractivity contribution is 4.88. The van der Waals surface area contributed by atoms with Gasteiger partial charge in [-0.15, -0.1) is 0 Å². The van der Waals surface area contributed by atoms with E-state index in [4.69, 9.17) is 14.6 Å². The topological polar surface area (TPSA) is 99.4 Å². The van der Waals surface area contributed by atoms with E-state index in [1.165, 1.54) is 7.11 Å². The molecular formula is C7H14O6. The van der Waals surface area contributed by atoms with Gasteiger partial charge in [-0.2, -0.15) is 0 Å². The van der Waals surface area contributed by atoms with Crippen molar-refractivity contribution in [2.45, 2.75) is 30.7 Å². The van der Waals surface area contributed by atoms with Gasteiger partial charge >= 0.3 is 0 Å². The van der Waals surface area contributed by atoms with Gasteiger partial charge in [0.1, 0.15) is 24.4 Å². The van der Waals surface area contributed by atoms with Crippen molar-refractivity contribution in [2.24, 2.45) is 0 Å². The molecule has 0 aromatic rings. The Kier molecular flexibility index (Phi) is 3.60. The SMILES string of the molecule is CO[C@H]1OC(CO)[C@@H](O)[C@H](O)C1O. The number of methoxy groups -OCH3 is 1. The molecule has 78 valence electrons. The molecule has 0 aromatic heterocycles. The predicted octanol–water partition coefficient (Wildman–Crippen LogP) is -2.57. The summed E-state index contributed by atoms with van der Waals surface area (Å²) >= 11 is 0. The van der Waals surface area contributed by atoms with Crippen LogP contribution in [0.3, 0.4) is 0 Å². The first kappa shape index (κ1) is 10.8. The number of hydrogen-bond acceptors (Lipinski definition) is 6. The van der Waals surface area contributed by atoms with Crippen LogP contribution < -0.4 is 0 Å². The molecule has 1 fully saturated rings. The highest BCUT2D eigenvalue weighted by Crippen LogP contribution is 2.20. The highest BCUT2D eigenvalue weighted by atomic mass is 16.7. The van der Waals surface area contributed by atoms with Gasteiger partial charge in [0.15, 0.2) is 6.29 Å². The molecule has 0 radical (unpaired) electrons. The smallest absolute Gasteiger partial charge is 0.186 e. The molecule has 0 saturated carbocycles. The molecule has 0 bridgehead atoms. The van der Waals surface area contributed by atoms with Crippen molar-refractivity contribution in [1.29, 1.82) is 0 Å². The van der Waals surface area contributed by atoms with E-state index >= 15 is 0 Å². The zero-order valence-electron chi connectivity index (χ0n) is 7.20. The largest absolute Gasteiger partial charge is 0.394 e. The molecule has 4 N–H and O–H groups in total. The molecule has 6 heteroatoms. The summed E-state index contributed by atoms with van der Waals surface area (Å²) in [4.78, 5) is 0. The zero-order chi connectivity index (χ0) is 10.0. The Morgan fingerprint density at radius 2 is 1.77 bits per heavy atom. The average Bonchev–Trinajstić information content (AvgIpc) is 2.15. The molecular weight excluding hydrogens is 180 g/mol. The molecule has 1 aliphatic heterocycles. The van der Waals surface area contributed by atoms with Gasteiger partial charge in [-0.3, -0.25) is 0 Å². The number of aliphatic hydroxyl groups excluding tert-OH is 4. The third kappa shape index (κ3) is 1.98. The second kappa shape index (κ2) is 4.32. The minimum Gasteiger partial charge on any atom is -0.394 e. The van der Waals surface area contributed by atoms with Crippen LogP contribution in [-0.2, 0) is 9.47 Å². The normalized spacial score (nSPS) is 46.4. The van der Waals surface area contributed by atoms with Gasteiger partial charge in [0.2, 0.25) is 0 Å². The van der Waals surface area contributed by atoms with Gasteiger partial charge in [0.25, 0.3) is 0 Å². The zero-order valence-corrected chi connectivity index (χ0v) is 7.20. The molecule has 13 heavy (non-hydrogen) atoms. The lowest BCUT2D eigenvalue weighted by Crippen LogP contribution is -2.58. The van der Waals surface area contributed by atoms with Crippen LogP contribution in [0.4, 0.5) is 0 Å². The molecule has 0 aromatic carbocycles. The van der Waals surface area contributed by atoms with E-state index in [9.17, 15) is 15.3 Å². The van der Waals surface area contributed by atoms with Crippen molar-refractivity contribution in [3.05, 3.63) is 0 Å². The lowest BCUT2D eigenvalue weighted by Gasteiger charge is -2.38. The van der Waals surface area contributed by atoms with Crippen LogP contribution >= 0.6 is 0 Å². The van der Waals surface area contributed by atoms with Gasteiger partial charge in [-0.25, -0.2) is 0 Å². The Morgan fingerprint density at radius 3 is 2.23 bits per heavy atom. The molecule has 0 spiro atoms. The van der Waals surface area contributed by atoms with Gasteiger partial charge in [-0.05, 0) is 0 Å². The molecule has 1 heterocycles. The Balaban J connectivity index is 2.66. The minimum atomic E-state index is -1.36. The maximum atomic E-state index is 9.28. The fourth-order valence-electron chi connectivity index (χ4n) is 1.26. The number of rotatable bonds is 2. The molecule has 0 aliphatic carbocycles. The Labute approximate surface area is 75.3 Å². The van der Waals surface area contributed by atoms with Crippen LogP contribution in [0.25, 0.3) is 0 Å². The van der Waals surface area contributed by atoms with Crippen LogP contribution in [0, 0.1) is 0 Å². The number of ether oxygens (including phenoxy) is 2.